The van der Waals surface area contributed by atoms with E-state index in [1.807, 2.05) is 0 Å². The molecule has 0 spiro atoms. The first-order valence-electron chi connectivity index (χ1n) is 8.78. The minimum atomic E-state index is -4.67. The highest BCUT2D eigenvalue weighted by atomic mass is 32.2. The molecule has 1 aliphatic rings. The third kappa shape index (κ3) is 4.77. The second-order valence-electron chi connectivity index (χ2n) is 6.70. The SMILES string of the molecule is O=C(NCc1ccccc1S(=O)(=O)c1cccc(C(F)(F)F)c1)[C@@H]1C[C@@H](O)CN1. The number of sulfone groups is 1. The molecule has 0 radical (unpaired) electrons. The van der Waals surface area contributed by atoms with Crippen molar-refractivity contribution in [2.24, 2.45) is 0 Å². The quantitative estimate of drug-likeness (QED) is 0.676. The maximum absolute atomic E-state index is 13.0. The second-order valence-corrected chi connectivity index (χ2v) is 8.62. The zero-order valence-corrected chi connectivity index (χ0v) is 15.9. The van der Waals surface area contributed by atoms with E-state index in [4.69, 9.17) is 0 Å². The molecule has 29 heavy (non-hydrogen) atoms. The molecule has 0 aliphatic carbocycles. The minimum Gasteiger partial charge on any atom is -0.392 e. The summed E-state index contributed by atoms with van der Waals surface area (Å²) in [6, 6.07) is 8.75. The third-order valence-corrected chi connectivity index (χ3v) is 6.46. The van der Waals surface area contributed by atoms with Gasteiger partial charge < -0.3 is 15.7 Å². The van der Waals surface area contributed by atoms with Crippen LogP contribution in [0.3, 0.4) is 0 Å². The van der Waals surface area contributed by atoms with E-state index in [-0.39, 0.29) is 23.4 Å². The lowest BCUT2D eigenvalue weighted by Gasteiger charge is -2.15. The van der Waals surface area contributed by atoms with Crippen LogP contribution in [0.2, 0.25) is 0 Å². The summed E-state index contributed by atoms with van der Waals surface area (Å²) in [5.41, 5.74) is -0.813. The first-order chi connectivity index (χ1) is 13.6. The lowest BCUT2D eigenvalue weighted by Crippen LogP contribution is -2.40. The predicted octanol–water partition coefficient (Wildman–Crippen LogP) is 1.88. The van der Waals surface area contributed by atoms with E-state index in [9.17, 15) is 31.5 Å². The molecule has 1 saturated heterocycles. The number of aliphatic hydroxyl groups excluding tert-OH is 1. The maximum Gasteiger partial charge on any atom is 0.416 e. The van der Waals surface area contributed by atoms with Crippen LogP contribution in [0.1, 0.15) is 17.5 Å². The summed E-state index contributed by atoms with van der Waals surface area (Å²) < 4.78 is 64.8. The number of alkyl halides is 3. The zero-order chi connectivity index (χ0) is 21.2. The molecule has 1 fully saturated rings. The van der Waals surface area contributed by atoms with Crippen LogP contribution in [-0.4, -0.2) is 38.1 Å². The Kier molecular flexibility index (Phi) is 5.97. The van der Waals surface area contributed by atoms with E-state index < -0.39 is 44.5 Å². The van der Waals surface area contributed by atoms with Gasteiger partial charge in [-0.15, -0.1) is 0 Å². The van der Waals surface area contributed by atoms with Crippen LogP contribution in [0, 0.1) is 0 Å². The zero-order valence-electron chi connectivity index (χ0n) is 15.1. The van der Waals surface area contributed by atoms with Crippen LogP contribution in [0.5, 0.6) is 0 Å². The summed E-state index contributed by atoms with van der Waals surface area (Å²) in [4.78, 5) is 11.5. The number of rotatable bonds is 5. The fraction of sp³-hybridized carbons (Fsp3) is 0.316. The fourth-order valence-corrected chi connectivity index (χ4v) is 4.64. The molecular weight excluding hydrogens is 409 g/mol. The summed E-state index contributed by atoms with van der Waals surface area (Å²) in [5.74, 6) is -0.396. The summed E-state index contributed by atoms with van der Waals surface area (Å²) in [5, 5.41) is 14.9. The first-order valence-corrected chi connectivity index (χ1v) is 10.3. The van der Waals surface area contributed by atoms with Gasteiger partial charge in [-0.2, -0.15) is 13.2 Å². The van der Waals surface area contributed by atoms with Crippen molar-refractivity contribution in [1.82, 2.24) is 10.6 Å². The van der Waals surface area contributed by atoms with Crippen molar-refractivity contribution < 1.29 is 31.5 Å². The minimum absolute atomic E-state index is 0.124. The van der Waals surface area contributed by atoms with Crippen LogP contribution in [0.4, 0.5) is 13.2 Å². The molecule has 3 rings (SSSR count). The fourth-order valence-electron chi connectivity index (χ4n) is 3.10. The average Bonchev–Trinajstić information content (AvgIpc) is 3.12. The van der Waals surface area contributed by atoms with Crippen molar-refractivity contribution in [3.63, 3.8) is 0 Å². The Morgan fingerprint density at radius 1 is 1.17 bits per heavy atom. The molecule has 0 saturated carbocycles. The Morgan fingerprint density at radius 2 is 1.90 bits per heavy atom. The molecule has 0 unspecified atom stereocenters. The number of hydrogen-bond donors (Lipinski definition) is 3. The topological polar surface area (TPSA) is 95.5 Å². The van der Waals surface area contributed by atoms with Crippen molar-refractivity contribution in [2.75, 3.05) is 6.54 Å². The molecule has 2 atom stereocenters. The number of carbonyl (C=O) groups is 1. The van der Waals surface area contributed by atoms with Gasteiger partial charge in [-0.25, -0.2) is 8.42 Å². The highest BCUT2D eigenvalue weighted by Crippen LogP contribution is 2.32. The molecule has 0 aromatic heterocycles. The van der Waals surface area contributed by atoms with E-state index in [1.165, 1.54) is 18.2 Å². The van der Waals surface area contributed by atoms with Gasteiger partial charge in [-0.1, -0.05) is 24.3 Å². The van der Waals surface area contributed by atoms with Crippen LogP contribution in [0.25, 0.3) is 0 Å². The molecule has 2 aromatic rings. The highest BCUT2D eigenvalue weighted by molar-refractivity contribution is 7.91. The van der Waals surface area contributed by atoms with Gasteiger partial charge >= 0.3 is 6.18 Å². The summed E-state index contributed by atoms with van der Waals surface area (Å²) in [6.45, 7) is 0.167. The Morgan fingerprint density at radius 3 is 2.55 bits per heavy atom. The largest absolute Gasteiger partial charge is 0.416 e. The Labute approximate surface area is 165 Å². The maximum atomic E-state index is 13.0. The van der Waals surface area contributed by atoms with Crippen LogP contribution < -0.4 is 10.6 Å². The number of benzene rings is 2. The number of carbonyl (C=O) groups excluding carboxylic acids is 1. The van der Waals surface area contributed by atoms with E-state index in [0.717, 1.165) is 18.2 Å². The van der Waals surface area contributed by atoms with E-state index in [0.29, 0.717) is 12.6 Å². The van der Waals surface area contributed by atoms with Crippen molar-refractivity contribution in [2.45, 2.75) is 41.1 Å². The van der Waals surface area contributed by atoms with E-state index in [1.54, 1.807) is 6.07 Å². The molecule has 1 amide bonds. The Balaban J connectivity index is 1.85. The molecule has 0 bridgehead atoms. The standard InChI is InChI=1S/C19H19F3N2O4S/c20-19(21,22)13-5-3-6-15(8-13)29(27,28)17-7-2-1-4-12(17)10-24-18(26)16-9-14(25)11-23-16/h1-8,14,16,23,25H,9-11H2,(H,24,26)/t14-,16+/m1/s1. The van der Waals surface area contributed by atoms with Crippen molar-refractivity contribution in [1.29, 1.82) is 0 Å². The summed E-state index contributed by atoms with van der Waals surface area (Å²) >= 11 is 0. The molecule has 1 aliphatic heterocycles. The van der Waals surface area contributed by atoms with Crippen LogP contribution in [-0.2, 0) is 27.4 Å². The van der Waals surface area contributed by atoms with Gasteiger partial charge in [0, 0.05) is 13.1 Å². The van der Waals surface area contributed by atoms with E-state index >= 15 is 0 Å². The number of amides is 1. The number of β-amino-alcohol motifs (C(OH)–C–C–N with tert-alkyl or cyclic N) is 1. The molecular formula is C19H19F3N2O4S. The van der Waals surface area contributed by atoms with Crippen molar-refractivity contribution in [3.8, 4) is 0 Å². The molecule has 1 heterocycles. The molecule has 156 valence electrons. The molecule has 6 nitrogen and oxygen atoms in total. The molecule has 3 N–H and O–H groups in total. The number of nitrogens with one attached hydrogen (secondary N) is 2. The van der Waals surface area contributed by atoms with Crippen molar-refractivity contribution in [3.05, 3.63) is 59.7 Å². The van der Waals surface area contributed by atoms with Gasteiger partial charge in [0.25, 0.3) is 0 Å². The summed E-state index contributed by atoms with van der Waals surface area (Å²) in [7, 11) is -4.24. The van der Waals surface area contributed by atoms with Gasteiger partial charge in [0.1, 0.15) is 0 Å². The van der Waals surface area contributed by atoms with Gasteiger partial charge in [0.2, 0.25) is 15.7 Å². The van der Waals surface area contributed by atoms with Gasteiger partial charge in [0.05, 0.1) is 27.5 Å². The number of aliphatic hydroxyl groups is 1. The summed E-state index contributed by atoms with van der Waals surface area (Å²) in [6.07, 6.45) is -5.05. The van der Waals surface area contributed by atoms with Gasteiger partial charge in [-0.05, 0) is 36.2 Å². The van der Waals surface area contributed by atoms with Crippen LogP contribution >= 0.6 is 0 Å². The molecule has 10 heteroatoms. The van der Waals surface area contributed by atoms with E-state index in [2.05, 4.69) is 10.6 Å². The van der Waals surface area contributed by atoms with Gasteiger partial charge in [0.15, 0.2) is 0 Å². The third-order valence-electron chi connectivity index (χ3n) is 4.61. The first kappa shape index (κ1) is 21.3. The highest BCUT2D eigenvalue weighted by Gasteiger charge is 2.32. The molecule has 2 aromatic carbocycles. The van der Waals surface area contributed by atoms with Gasteiger partial charge in [-0.3, -0.25) is 4.79 Å². The Bertz CT molecular complexity index is 1010. The average molecular weight is 428 g/mol. The smallest absolute Gasteiger partial charge is 0.392 e. The predicted molar refractivity (Wildman–Crippen MR) is 97.6 cm³/mol. The monoisotopic (exact) mass is 428 g/mol. The normalized spacial score (nSPS) is 19.9. The lowest BCUT2D eigenvalue weighted by molar-refractivity contribution is -0.137. The second kappa shape index (κ2) is 8.13. The van der Waals surface area contributed by atoms with Crippen LogP contribution in [0.15, 0.2) is 58.3 Å². The Hall–Kier alpha value is -2.43. The van der Waals surface area contributed by atoms with Crippen molar-refractivity contribution >= 4 is 15.7 Å². The number of halogens is 3. The lowest BCUT2D eigenvalue weighted by atomic mass is 10.2. The number of hydrogen-bond acceptors (Lipinski definition) is 5.